The number of hydrogen-bond acceptors (Lipinski definition) is 4. The van der Waals surface area contributed by atoms with E-state index in [1.807, 2.05) is 0 Å². The Kier molecular flexibility index (Phi) is 5.62. The highest BCUT2D eigenvalue weighted by atomic mass is 35.5. The summed E-state index contributed by atoms with van der Waals surface area (Å²) in [6.45, 7) is 1.79. The molecule has 0 saturated heterocycles. The van der Waals surface area contributed by atoms with Crippen LogP contribution in [-0.4, -0.2) is 19.3 Å². The van der Waals surface area contributed by atoms with Gasteiger partial charge in [-0.15, -0.1) is 0 Å². The van der Waals surface area contributed by atoms with Crippen molar-refractivity contribution in [2.24, 2.45) is 0 Å². The SMILES string of the molecule is Cc1ccc(C(=O)Nc2cc(Cl)ccc2NS(=O)(=O)c2ccccc2F)cn1. The van der Waals surface area contributed by atoms with Gasteiger partial charge in [0.05, 0.1) is 16.9 Å². The summed E-state index contributed by atoms with van der Waals surface area (Å²) in [6, 6.07) is 12.5. The van der Waals surface area contributed by atoms with Gasteiger partial charge in [-0.25, -0.2) is 12.8 Å². The van der Waals surface area contributed by atoms with Gasteiger partial charge in [0.15, 0.2) is 0 Å². The Morgan fingerprint density at radius 1 is 1.07 bits per heavy atom. The topological polar surface area (TPSA) is 88.2 Å². The van der Waals surface area contributed by atoms with Gasteiger partial charge in [0, 0.05) is 16.9 Å². The van der Waals surface area contributed by atoms with Crippen LogP contribution in [0.3, 0.4) is 0 Å². The summed E-state index contributed by atoms with van der Waals surface area (Å²) < 4.78 is 41.3. The first-order valence-electron chi connectivity index (χ1n) is 8.07. The van der Waals surface area contributed by atoms with E-state index in [1.165, 1.54) is 36.5 Å². The summed E-state index contributed by atoms with van der Waals surface area (Å²) in [7, 11) is -4.22. The quantitative estimate of drug-likeness (QED) is 0.647. The van der Waals surface area contributed by atoms with Gasteiger partial charge in [-0.2, -0.15) is 0 Å². The third-order valence-electron chi connectivity index (χ3n) is 3.77. The number of halogens is 2. The van der Waals surface area contributed by atoms with Crippen molar-refractivity contribution in [3.8, 4) is 0 Å². The molecule has 1 heterocycles. The van der Waals surface area contributed by atoms with Crippen LogP contribution in [-0.2, 0) is 10.0 Å². The predicted octanol–water partition coefficient (Wildman–Crippen LogP) is 4.24. The molecule has 6 nitrogen and oxygen atoms in total. The Bertz CT molecular complexity index is 1140. The third kappa shape index (κ3) is 4.47. The second kappa shape index (κ2) is 7.95. The smallest absolute Gasteiger partial charge is 0.264 e. The van der Waals surface area contributed by atoms with Crippen LogP contribution in [0.4, 0.5) is 15.8 Å². The van der Waals surface area contributed by atoms with Crippen molar-refractivity contribution in [2.75, 3.05) is 10.0 Å². The molecule has 0 spiro atoms. The summed E-state index contributed by atoms with van der Waals surface area (Å²) in [6.07, 6.45) is 1.40. The highest BCUT2D eigenvalue weighted by molar-refractivity contribution is 7.92. The molecule has 1 amide bonds. The number of nitrogens with one attached hydrogen (secondary N) is 2. The van der Waals surface area contributed by atoms with E-state index in [9.17, 15) is 17.6 Å². The number of nitrogens with zero attached hydrogens (tertiary/aromatic N) is 1. The number of rotatable bonds is 5. The van der Waals surface area contributed by atoms with Crippen molar-refractivity contribution >= 4 is 38.9 Å². The zero-order valence-corrected chi connectivity index (χ0v) is 16.2. The second-order valence-electron chi connectivity index (χ2n) is 5.87. The molecule has 3 aromatic rings. The molecule has 0 aliphatic rings. The summed E-state index contributed by atoms with van der Waals surface area (Å²) in [5.74, 6) is -1.39. The molecule has 2 N–H and O–H groups in total. The first-order valence-corrected chi connectivity index (χ1v) is 9.93. The molecule has 144 valence electrons. The van der Waals surface area contributed by atoms with Crippen LogP contribution in [0.5, 0.6) is 0 Å². The molecule has 1 aromatic heterocycles. The average Bonchev–Trinajstić information content (AvgIpc) is 2.64. The van der Waals surface area contributed by atoms with Gasteiger partial charge < -0.3 is 5.32 Å². The molecule has 2 aromatic carbocycles. The van der Waals surface area contributed by atoms with Crippen LogP contribution < -0.4 is 10.0 Å². The number of carbonyl (C=O) groups excluding carboxylic acids is 1. The van der Waals surface area contributed by atoms with E-state index >= 15 is 0 Å². The summed E-state index contributed by atoms with van der Waals surface area (Å²) in [4.78, 5) is 16.0. The molecule has 0 aliphatic carbocycles. The maximum Gasteiger partial charge on any atom is 0.264 e. The van der Waals surface area contributed by atoms with Crippen molar-refractivity contribution in [1.29, 1.82) is 0 Å². The lowest BCUT2D eigenvalue weighted by molar-refractivity contribution is 0.102. The largest absolute Gasteiger partial charge is 0.320 e. The lowest BCUT2D eigenvalue weighted by Crippen LogP contribution is -2.18. The summed E-state index contributed by atoms with van der Waals surface area (Å²) in [5.41, 5.74) is 1.20. The fraction of sp³-hybridized carbons (Fsp3) is 0.0526. The molecular formula is C19H15ClFN3O3S. The zero-order valence-electron chi connectivity index (χ0n) is 14.6. The molecule has 0 fully saturated rings. The van der Waals surface area contributed by atoms with E-state index < -0.39 is 26.6 Å². The van der Waals surface area contributed by atoms with Gasteiger partial charge in [-0.05, 0) is 49.4 Å². The zero-order chi connectivity index (χ0) is 20.3. The maximum atomic E-state index is 13.9. The first-order chi connectivity index (χ1) is 13.3. The first kappa shape index (κ1) is 19.8. The lowest BCUT2D eigenvalue weighted by Gasteiger charge is -2.14. The molecular weight excluding hydrogens is 405 g/mol. The lowest BCUT2D eigenvalue weighted by atomic mass is 10.2. The van der Waals surface area contributed by atoms with Gasteiger partial charge in [-0.1, -0.05) is 23.7 Å². The van der Waals surface area contributed by atoms with E-state index in [0.717, 1.165) is 17.8 Å². The van der Waals surface area contributed by atoms with E-state index in [4.69, 9.17) is 11.6 Å². The third-order valence-corrected chi connectivity index (χ3v) is 5.41. The molecule has 0 saturated carbocycles. The van der Waals surface area contributed by atoms with E-state index in [2.05, 4.69) is 15.0 Å². The Labute approximate surface area is 166 Å². The van der Waals surface area contributed by atoms with Crippen molar-refractivity contribution in [1.82, 2.24) is 4.98 Å². The second-order valence-corrected chi connectivity index (χ2v) is 7.96. The van der Waals surface area contributed by atoms with Crippen molar-refractivity contribution in [3.05, 3.63) is 82.9 Å². The summed E-state index contributed by atoms with van der Waals surface area (Å²) in [5, 5.41) is 2.88. The van der Waals surface area contributed by atoms with E-state index in [0.29, 0.717) is 0 Å². The molecule has 0 bridgehead atoms. The minimum atomic E-state index is -4.22. The number of amides is 1. The van der Waals surface area contributed by atoms with Crippen molar-refractivity contribution < 1.29 is 17.6 Å². The molecule has 0 radical (unpaired) electrons. The Morgan fingerprint density at radius 2 is 1.82 bits per heavy atom. The number of pyridine rings is 1. The Morgan fingerprint density at radius 3 is 2.50 bits per heavy atom. The van der Waals surface area contributed by atoms with Gasteiger partial charge >= 0.3 is 0 Å². The number of aromatic nitrogens is 1. The van der Waals surface area contributed by atoms with Gasteiger partial charge in [0.25, 0.3) is 15.9 Å². The summed E-state index contributed by atoms with van der Waals surface area (Å²) >= 11 is 5.98. The van der Waals surface area contributed by atoms with E-state index in [-0.39, 0.29) is 22.0 Å². The molecule has 0 unspecified atom stereocenters. The van der Waals surface area contributed by atoms with Gasteiger partial charge in [0.2, 0.25) is 0 Å². The van der Waals surface area contributed by atoms with Crippen LogP contribution in [0.15, 0.2) is 65.7 Å². The molecule has 0 atom stereocenters. The molecule has 3 rings (SSSR count). The highest BCUT2D eigenvalue weighted by Gasteiger charge is 2.21. The van der Waals surface area contributed by atoms with Crippen molar-refractivity contribution in [3.63, 3.8) is 0 Å². The van der Waals surface area contributed by atoms with Crippen LogP contribution in [0.25, 0.3) is 0 Å². The molecule has 28 heavy (non-hydrogen) atoms. The maximum absolute atomic E-state index is 13.9. The number of benzene rings is 2. The van der Waals surface area contributed by atoms with Crippen LogP contribution in [0.2, 0.25) is 5.02 Å². The number of carbonyl (C=O) groups is 1. The monoisotopic (exact) mass is 419 g/mol. The minimum Gasteiger partial charge on any atom is -0.320 e. The number of hydrogen-bond donors (Lipinski definition) is 2. The van der Waals surface area contributed by atoms with Crippen LogP contribution in [0.1, 0.15) is 16.1 Å². The number of aryl methyl sites for hydroxylation is 1. The molecule has 9 heteroatoms. The van der Waals surface area contributed by atoms with Crippen LogP contribution in [0, 0.1) is 12.7 Å². The average molecular weight is 420 g/mol. The number of sulfonamides is 1. The predicted molar refractivity (Wildman–Crippen MR) is 106 cm³/mol. The minimum absolute atomic E-state index is 0.0427. The normalized spacial score (nSPS) is 11.1. The number of anilines is 2. The van der Waals surface area contributed by atoms with E-state index in [1.54, 1.807) is 19.1 Å². The van der Waals surface area contributed by atoms with Gasteiger partial charge in [-0.3, -0.25) is 14.5 Å². The Hall–Kier alpha value is -2.97. The Balaban J connectivity index is 1.92. The van der Waals surface area contributed by atoms with Gasteiger partial charge in [0.1, 0.15) is 10.7 Å². The molecule has 0 aliphatic heterocycles. The fourth-order valence-corrected chi connectivity index (χ4v) is 3.70. The van der Waals surface area contributed by atoms with Crippen molar-refractivity contribution in [2.45, 2.75) is 11.8 Å². The van der Waals surface area contributed by atoms with Crippen LogP contribution >= 0.6 is 11.6 Å². The highest BCUT2D eigenvalue weighted by Crippen LogP contribution is 2.29. The standard InChI is InChI=1S/C19H15ClFN3O3S/c1-12-6-7-13(11-22-12)19(25)23-17-10-14(20)8-9-16(17)24-28(26,27)18-5-3-2-4-15(18)21/h2-11,24H,1H3,(H,23,25). The fourth-order valence-electron chi connectivity index (χ4n) is 2.37.